The predicted molar refractivity (Wildman–Crippen MR) is 68.2 cm³/mol. The van der Waals surface area contributed by atoms with Crippen LogP contribution in [0, 0.1) is 5.92 Å². The molecule has 1 aliphatic heterocycles. The molecule has 1 aliphatic carbocycles. The summed E-state index contributed by atoms with van der Waals surface area (Å²) >= 11 is 0. The van der Waals surface area contributed by atoms with E-state index in [-0.39, 0.29) is 11.8 Å². The lowest BCUT2D eigenvalue weighted by Crippen LogP contribution is -2.50. The van der Waals surface area contributed by atoms with E-state index in [1.807, 2.05) is 0 Å². The van der Waals surface area contributed by atoms with E-state index < -0.39 is 12.0 Å². The van der Waals surface area contributed by atoms with Crippen LogP contribution < -0.4 is 0 Å². The van der Waals surface area contributed by atoms with Gasteiger partial charge in [-0.05, 0) is 32.1 Å². The van der Waals surface area contributed by atoms with Crippen LogP contribution in [0.4, 0.5) is 0 Å². The molecule has 1 N–H and O–H groups in total. The lowest BCUT2D eigenvalue weighted by Gasteiger charge is -2.35. The van der Waals surface area contributed by atoms with Crippen molar-refractivity contribution < 1.29 is 14.7 Å². The highest BCUT2D eigenvalue weighted by Gasteiger charge is 2.35. The first-order valence-corrected chi connectivity index (χ1v) is 7.23. The van der Waals surface area contributed by atoms with Gasteiger partial charge in [-0.15, -0.1) is 0 Å². The zero-order valence-corrected chi connectivity index (χ0v) is 10.9. The molecule has 0 bridgehead atoms. The standard InChI is InChI=1S/C14H23NO3/c16-13(11-7-3-1-2-4-8-11)15-10-6-5-9-12(15)14(17)18/h11-12H,1-10H2,(H,17,18). The number of nitrogens with zero attached hydrogens (tertiary/aromatic N) is 1. The molecule has 0 aromatic carbocycles. The van der Waals surface area contributed by atoms with Crippen molar-refractivity contribution in [3.8, 4) is 0 Å². The summed E-state index contributed by atoms with van der Waals surface area (Å²) in [6.45, 7) is 0.631. The highest BCUT2D eigenvalue weighted by atomic mass is 16.4. The fraction of sp³-hybridized carbons (Fsp3) is 0.857. The van der Waals surface area contributed by atoms with Crippen molar-refractivity contribution in [3.05, 3.63) is 0 Å². The third-order valence-electron chi connectivity index (χ3n) is 4.28. The first-order chi connectivity index (χ1) is 8.70. The van der Waals surface area contributed by atoms with Crippen molar-refractivity contribution in [3.63, 3.8) is 0 Å². The monoisotopic (exact) mass is 253 g/mol. The Morgan fingerprint density at radius 3 is 2.11 bits per heavy atom. The van der Waals surface area contributed by atoms with Crippen molar-refractivity contribution in [2.24, 2.45) is 5.92 Å². The van der Waals surface area contributed by atoms with Crippen LogP contribution in [0.25, 0.3) is 0 Å². The number of amides is 1. The summed E-state index contributed by atoms with van der Waals surface area (Å²) in [7, 11) is 0. The minimum atomic E-state index is -0.836. The van der Waals surface area contributed by atoms with Gasteiger partial charge in [-0.2, -0.15) is 0 Å². The molecule has 1 heterocycles. The summed E-state index contributed by atoms with van der Waals surface area (Å²) in [6, 6.07) is -0.575. The fourth-order valence-electron chi connectivity index (χ4n) is 3.21. The lowest BCUT2D eigenvalue weighted by atomic mass is 9.95. The molecule has 2 fully saturated rings. The Kier molecular flexibility index (Phi) is 4.61. The van der Waals surface area contributed by atoms with Gasteiger partial charge in [0.1, 0.15) is 6.04 Å². The number of rotatable bonds is 2. The van der Waals surface area contributed by atoms with Crippen molar-refractivity contribution in [2.75, 3.05) is 6.54 Å². The number of carboxylic acid groups (broad SMARTS) is 1. The molecule has 0 spiro atoms. The number of hydrogen-bond acceptors (Lipinski definition) is 2. The Balaban J connectivity index is 2.02. The average Bonchev–Trinajstić information content (AvgIpc) is 2.66. The van der Waals surface area contributed by atoms with E-state index in [1.165, 1.54) is 12.8 Å². The Morgan fingerprint density at radius 2 is 1.50 bits per heavy atom. The number of carbonyl (C=O) groups is 2. The summed E-state index contributed by atoms with van der Waals surface area (Å²) in [5.41, 5.74) is 0. The topological polar surface area (TPSA) is 57.6 Å². The molecule has 18 heavy (non-hydrogen) atoms. The van der Waals surface area contributed by atoms with E-state index in [0.29, 0.717) is 13.0 Å². The van der Waals surface area contributed by atoms with Crippen molar-refractivity contribution in [1.82, 2.24) is 4.90 Å². The Morgan fingerprint density at radius 1 is 0.889 bits per heavy atom. The van der Waals surface area contributed by atoms with Gasteiger partial charge in [-0.25, -0.2) is 4.79 Å². The summed E-state index contributed by atoms with van der Waals surface area (Å²) in [5, 5.41) is 9.22. The van der Waals surface area contributed by atoms with Gasteiger partial charge in [0.25, 0.3) is 0 Å². The Bertz CT molecular complexity index is 308. The normalized spacial score (nSPS) is 26.7. The molecule has 1 atom stereocenters. The molecule has 102 valence electrons. The SMILES string of the molecule is O=C(O)C1CCCCN1C(=O)C1CCCCCC1. The van der Waals surface area contributed by atoms with Gasteiger partial charge in [-0.3, -0.25) is 4.79 Å². The molecule has 1 unspecified atom stereocenters. The van der Waals surface area contributed by atoms with Crippen LogP contribution in [0.1, 0.15) is 57.8 Å². The molecule has 1 amide bonds. The molecule has 0 aromatic heterocycles. The molecule has 2 aliphatic rings. The number of aliphatic carboxylic acids is 1. The minimum absolute atomic E-state index is 0.0763. The van der Waals surface area contributed by atoms with Crippen LogP contribution in [-0.4, -0.2) is 34.5 Å². The Labute approximate surface area is 108 Å². The van der Waals surface area contributed by atoms with Gasteiger partial charge in [-0.1, -0.05) is 25.7 Å². The Hall–Kier alpha value is -1.06. The minimum Gasteiger partial charge on any atom is -0.480 e. The summed E-state index contributed by atoms with van der Waals surface area (Å²) in [4.78, 5) is 25.4. The average molecular weight is 253 g/mol. The van der Waals surface area contributed by atoms with Gasteiger partial charge >= 0.3 is 5.97 Å². The molecule has 1 saturated heterocycles. The second-order valence-corrected chi connectivity index (χ2v) is 5.57. The first kappa shape index (κ1) is 13.4. The molecule has 0 radical (unpaired) electrons. The molecule has 0 aromatic rings. The van der Waals surface area contributed by atoms with Gasteiger partial charge < -0.3 is 10.0 Å². The van der Waals surface area contributed by atoms with Crippen LogP contribution in [0.3, 0.4) is 0 Å². The maximum absolute atomic E-state index is 12.5. The maximum Gasteiger partial charge on any atom is 0.326 e. The third kappa shape index (κ3) is 3.03. The number of carbonyl (C=O) groups excluding carboxylic acids is 1. The van der Waals surface area contributed by atoms with E-state index in [9.17, 15) is 14.7 Å². The van der Waals surface area contributed by atoms with Crippen molar-refractivity contribution >= 4 is 11.9 Å². The predicted octanol–water partition coefficient (Wildman–Crippen LogP) is 2.42. The van der Waals surface area contributed by atoms with E-state index in [4.69, 9.17) is 0 Å². The number of carboxylic acids is 1. The summed E-state index contributed by atoms with van der Waals surface area (Å²) in [5.74, 6) is -0.659. The molecular weight excluding hydrogens is 230 g/mol. The summed E-state index contributed by atoms with van der Waals surface area (Å²) < 4.78 is 0. The quantitative estimate of drug-likeness (QED) is 0.769. The van der Waals surface area contributed by atoms with Crippen molar-refractivity contribution in [2.45, 2.75) is 63.8 Å². The number of likely N-dealkylation sites (tertiary alicyclic amines) is 1. The van der Waals surface area contributed by atoms with Crippen LogP contribution >= 0.6 is 0 Å². The zero-order valence-electron chi connectivity index (χ0n) is 10.9. The van der Waals surface area contributed by atoms with Gasteiger partial charge in [0.15, 0.2) is 0 Å². The van der Waals surface area contributed by atoms with Gasteiger partial charge in [0, 0.05) is 12.5 Å². The molecule has 4 nitrogen and oxygen atoms in total. The van der Waals surface area contributed by atoms with Crippen LogP contribution in [0.15, 0.2) is 0 Å². The third-order valence-corrected chi connectivity index (χ3v) is 4.28. The van der Waals surface area contributed by atoms with E-state index in [2.05, 4.69) is 0 Å². The van der Waals surface area contributed by atoms with Gasteiger partial charge in [0.2, 0.25) is 5.91 Å². The molecular formula is C14H23NO3. The summed E-state index contributed by atoms with van der Waals surface area (Å²) in [6.07, 6.45) is 9.03. The number of hydrogen-bond donors (Lipinski definition) is 1. The highest BCUT2D eigenvalue weighted by Crippen LogP contribution is 2.27. The second-order valence-electron chi connectivity index (χ2n) is 5.57. The van der Waals surface area contributed by atoms with E-state index in [1.54, 1.807) is 4.90 Å². The van der Waals surface area contributed by atoms with Crippen LogP contribution in [0.2, 0.25) is 0 Å². The van der Waals surface area contributed by atoms with Crippen LogP contribution in [0.5, 0.6) is 0 Å². The smallest absolute Gasteiger partial charge is 0.326 e. The van der Waals surface area contributed by atoms with Gasteiger partial charge in [0.05, 0.1) is 0 Å². The molecule has 2 rings (SSSR count). The number of piperidine rings is 1. The van der Waals surface area contributed by atoms with Crippen LogP contribution in [-0.2, 0) is 9.59 Å². The zero-order chi connectivity index (χ0) is 13.0. The molecule has 1 saturated carbocycles. The van der Waals surface area contributed by atoms with E-state index in [0.717, 1.165) is 38.5 Å². The van der Waals surface area contributed by atoms with Crippen molar-refractivity contribution in [1.29, 1.82) is 0 Å². The van der Waals surface area contributed by atoms with E-state index >= 15 is 0 Å². The highest BCUT2D eigenvalue weighted by molar-refractivity contribution is 5.85. The lowest BCUT2D eigenvalue weighted by molar-refractivity contribution is -0.154. The largest absolute Gasteiger partial charge is 0.480 e. The second kappa shape index (κ2) is 6.21. The maximum atomic E-state index is 12.5. The fourth-order valence-corrected chi connectivity index (χ4v) is 3.21. The first-order valence-electron chi connectivity index (χ1n) is 7.23. The molecule has 4 heteroatoms.